The van der Waals surface area contributed by atoms with Crippen molar-refractivity contribution in [2.24, 2.45) is 23.2 Å². The molecule has 4 aliphatic carbocycles. The highest BCUT2D eigenvalue weighted by atomic mass is 16.1. The van der Waals surface area contributed by atoms with Gasteiger partial charge in [-0.2, -0.15) is 0 Å². The van der Waals surface area contributed by atoms with Crippen LogP contribution in [-0.4, -0.2) is 34.9 Å². The van der Waals surface area contributed by atoms with E-state index in [0.29, 0.717) is 12.5 Å². The number of carbonyl (C=O) groups excluding carboxylic acids is 1. The van der Waals surface area contributed by atoms with Crippen molar-refractivity contribution in [3.05, 3.63) is 66.2 Å². The monoisotopic (exact) mass is 494 g/mol. The first-order valence-corrected chi connectivity index (χ1v) is 14.3. The smallest absolute Gasteiger partial charge is 0.224 e. The Morgan fingerprint density at radius 1 is 0.946 bits per heavy atom. The van der Waals surface area contributed by atoms with Crippen molar-refractivity contribution in [1.29, 1.82) is 0 Å². The van der Waals surface area contributed by atoms with Gasteiger partial charge in [0.25, 0.3) is 0 Å². The molecule has 5 nitrogen and oxygen atoms in total. The standard InChI is InChI=1S/C32H38N4O/c37-31(19-32-16-23-12-24(17-32)14-25(13-23)18-32)35-29-15-30(34-28-9-5-4-8-27(28)29)33-26-10-11-36(21-26)20-22-6-2-1-3-7-22/h1-9,15,23-26H,10-14,16-21H2,(H2,33,34,35,37). The molecule has 0 radical (unpaired) electrons. The van der Waals surface area contributed by atoms with Crippen LogP contribution in [0.2, 0.25) is 0 Å². The first-order chi connectivity index (χ1) is 18.1. The molecule has 1 aromatic heterocycles. The number of fused-ring (bicyclic) bond motifs is 1. The zero-order valence-corrected chi connectivity index (χ0v) is 21.7. The molecule has 4 saturated carbocycles. The third kappa shape index (κ3) is 4.86. The van der Waals surface area contributed by atoms with E-state index < -0.39 is 0 Å². The molecule has 2 heterocycles. The lowest BCUT2D eigenvalue weighted by Gasteiger charge is -2.56. The number of benzene rings is 2. The number of likely N-dealkylation sites (tertiary alicyclic amines) is 1. The average Bonchev–Trinajstić information content (AvgIpc) is 3.30. The number of para-hydroxylation sites is 1. The highest BCUT2D eigenvalue weighted by molar-refractivity contribution is 6.02. The molecule has 1 saturated heterocycles. The zero-order chi connectivity index (χ0) is 24.8. The number of rotatable bonds is 7. The second kappa shape index (κ2) is 9.43. The molecule has 3 aromatic rings. The van der Waals surface area contributed by atoms with Crippen molar-refractivity contribution in [2.75, 3.05) is 23.7 Å². The van der Waals surface area contributed by atoms with E-state index in [0.717, 1.165) is 66.2 Å². The van der Waals surface area contributed by atoms with Gasteiger partial charge in [0.05, 0.1) is 11.2 Å². The highest BCUT2D eigenvalue weighted by Crippen LogP contribution is 2.61. The number of nitrogens with zero attached hydrogens (tertiary/aromatic N) is 2. The van der Waals surface area contributed by atoms with Gasteiger partial charge in [0.1, 0.15) is 5.82 Å². The van der Waals surface area contributed by atoms with Crippen LogP contribution in [0.25, 0.3) is 10.9 Å². The quantitative estimate of drug-likeness (QED) is 0.395. The van der Waals surface area contributed by atoms with Crippen molar-refractivity contribution in [3.63, 3.8) is 0 Å². The van der Waals surface area contributed by atoms with Gasteiger partial charge in [-0.3, -0.25) is 9.69 Å². The largest absolute Gasteiger partial charge is 0.366 e. The summed E-state index contributed by atoms with van der Waals surface area (Å²) < 4.78 is 0. The summed E-state index contributed by atoms with van der Waals surface area (Å²) in [6.45, 7) is 3.06. The number of hydrogen-bond acceptors (Lipinski definition) is 4. The summed E-state index contributed by atoms with van der Waals surface area (Å²) >= 11 is 0. The predicted molar refractivity (Wildman–Crippen MR) is 149 cm³/mol. The van der Waals surface area contributed by atoms with Crippen LogP contribution in [0.3, 0.4) is 0 Å². The third-order valence-electron chi connectivity index (χ3n) is 9.56. The van der Waals surface area contributed by atoms with Gasteiger partial charge in [-0.25, -0.2) is 4.98 Å². The van der Waals surface area contributed by atoms with Crippen LogP contribution in [0.4, 0.5) is 11.5 Å². The van der Waals surface area contributed by atoms with Crippen molar-refractivity contribution < 1.29 is 4.79 Å². The Morgan fingerprint density at radius 3 is 2.41 bits per heavy atom. The number of aromatic nitrogens is 1. The Morgan fingerprint density at radius 2 is 1.65 bits per heavy atom. The molecule has 37 heavy (non-hydrogen) atoms. The van der Waals surface area contributed by atoms with E-state index in [-0.39, 0.29) is 11.3 Å². The van der Waals surface area contributed by atoms with Gasteiger partial charge in [-0.1, -0.05) is 48.5 Å². The Labute approximate surface area is 220 Å². The van der Waals surface area contributed by atoms with Crippen LogP contribution >= 0.6 is 0 Å². The summed E-state index contributed by atoms with van der Waals surface area (Å²) in [6.07, 6.45) is 9.78. The SMILES string of the molecule is O=C(CC12CC3CC(CC(C3)C1)C2)Nc1cc(NC2CCN(Cc3ccccc3)C2)nc2ccccc12. The summed E-state index contributed by atoms with van der Waals surface area (Å²) in [7, 11) is 0. The lowest BCUT2D eigenvalue weighted by atomic mass is 9.49. The molecule has 2 aromatic carbocycles. The van der Waals surface area contributed by atoms with E-state index in [1.54, 1.807) is 0 Å². The van der Waals surface area contributed by atoms with E-state index in [9.17, 15) is 4.79 Å². The van der Waals surface area contributed by atoms with E-state index in [1.807, 2.05) is 18.2 Å². The number of anilines is 2. The second-order valence-electron chi connectivity index (χ2n) is 12.6. The summed E-state index contributed by atoms with van der Waals surface area (Å²) in [5.74, 6) is 3.63. The molecular formula is C32H38N4O. The molecule has 5 fully saturated rings. The maximum Gasteiger partial charge on any atom is 0.224 e. The fourth-order valence-electron chi connectivity index (χ4n) is 8.54. The molecule has 1 atom stereocenters. The minimum Gasteiger partial charge on any atom is -0.366 e. The molecule has 192 valence electrons. The molecule has 5 heteroatoms. The van der Waals surface area contributed by atoms with Crippen LogP contribution in [0.15, 0.2) is 60.7 Å². The molecule has 0 spiro atoms. The third-order valence-corrected chi connectivity index (χ3v) is 9.56. The number of amides is 1. The van der Waals surface area contributed by atoms with Gasteiger partial charge < -0.3 is 10.6 Å². The fourth-order valence-corrected chi connectivity index (χ4v) is 8.54. The van der Waals surface area contributed by atoms with Gasteiger partial charge in [0.15, 0.2) is 0 Å². The number of hydrogen-bond donors (Lipinski definition) is 2. The molecule has 2 N–H and O–H groups in total. The van der Waals surface area contributed by atoms with E-state index in [1.165, 1.54) is 44.1 Å². The van der Waals surface area contributed by atoms with Crippen LogP contribution in [0.5, 0.6) is 0 Å². The molecule has 1 unspecified atom stereocenters. The number of pyridine rings is 1. The van der Waals surface area contributed by atoms with E-state index in [4.69, 9.17) is 4.98 Å². The fraction of sp³-hybridized carbons (Fsp3) is 0.500. The van der Waals surface area contributed by atoms with Gasteiger partial charge in [0, 0.05) is 43.5 Å². The van der Waals surface area contributed by atoms with Crippen molar-refractivity contribution >= 4 is 28.3 Å². The van der Waals surface area contributed by atoms with Crippen LogP contribution in [0.1, 0.15) is 56.9 Å². The van der Waals surface area contributed by atoms with Gasteiger partial charge in [0.2, 0.25) is 5.91 Å². The van der Waals surface area contributed by atoms with Crippen LogP contribution in [0, 0.1) is 23.2 Å². The van der Waals surface area contributed by atoms with Crippen molar-refractivity contribution in [2.45, 2.75) is 64.0 Å². The minimum absolute atomic E-state index is 0.180. The second-order valence-corrected chi connectivity index (χ2v) is 12.6. The molecule has 5 aliphatic rings. The zero-order valence-electron chi connectivity index (χ0n) is 21.7. The summed E-state index contributed by atoms with van der Waals surface area (Å²) in [4.78, 5) is 20.9. The Bertz CT molecular complexity index is 1250. The average molecular weight is 495 g/mol. The van der Waals surface area contributed by atoms with Gasteiger partial charge in [-0.15, -0.1) is 0 Å². The molecule has 1 aliphatic heterocycles. The van der Waals surface area contributed by atoms with E-state index in [2.05, 4.69) is 58.0 Å². The Kier molecular flexibility index (Phi) is 5.92. The molecular weight excluding hydrogens is 456 g/mol. The van der Waals surface area contributed by atoms with Crippen LogP contribution < -0.4 is 10.6 Å². The van der Waals surface area contributed by atoms with Crippen molar-refractivity contribution in [3.8, 4) is 0 Å². The lowest BCUT2D eigenvalue weighted by molar-refractivity contribution is -0.124. The highest BCUT2D eigenvalue weighted by Gasteiger charge is 2.51. The topological polar surface area (TPSA) is 57.3 Å². The summed E-state index contributed by atoms with van der Waals surface area (Å²) in [6, 6.07) is 21.3. The molecule has 8 rings (SSSR count). The van der Waals surface area contributed by atoms with E-state index >= 15 is 0 Å². The van der Waals surface area contributed by atoms with Crippen molar-refractivity contribution in [1.82, 2.24) is 9.88 Å². The summed E-state index contributed by atoms with van der Waals surface area (Å²) in [5, 5.41) is 8.04. The Balaban J connectivity index is 1.05. The first kappa shape index (κ1) is 23.2. The normalized spacial score (nSPS) is 30.6. The molecule has 4 bridgehead atoms. The summed E-state index contributed by atoms with van der Waals surface area (Å²) in [5.41, 5.74) is 3.42. The van der Waals surface area contributed by atoms with Crippen LogP contribution in [-0.2, 0) is 11.3 Å². The maximum atomic E-state index is 13.5. The van der Waals surface area contributed by atoms with Gasteiger partial charge in [-0.05, 0) is 79.7 Å². The number of carbonyl (C=O) groups is 1. The maximum absolute atomic E-state index is 13.5. The minimum atomic E-state index is 0.180. The molecule has 1 amide bonds. The van der Waals surface area contributed by atoms with Gasteiger partial charge >= 0.3 is 0 Å². The predicted octanol–water partition coefficient (Wildman–Crippen LogP) is 6.47. The Hall–Kier alpha value is -2.92. The first-order valence-electron chi connectivity index (χ1n) is 14.3. The number of nitrogens with one attached hydrogen (secondary N) is 2. The lowest BCUT2D eigenvalue weighted by Crippen LogP contribution is -2.47.